The summed E-state index contributed by atoms with van der Waals surface area (Å²) in [6.45, 7) is 4.60. The van der Waals surface area contributed by atoms with Crippen LogP contribution in [0.5, 0.6) is 0 Å². The Kier molecular flexibility index (Phi) is 5.71. The van der Waals surface area contributed by atoms with Crippen molar-refractivity contribution in [2.45, 2.75) is 0 Å². The quantitative estimate of drug-likeness (QED) is 0.757. The lowest BCUT2D eigenvalue weighted by Gasteiger charge is -2.36. The molecule has 0 saturated carbocycles. The van der Waals surface area contributed by atoms with Crippen molar-refractivity contribution in [2.24, 2.45) is 0 Å². The fourth-order valence-electron chi connectivity index (χ4n) is 2.40. The molecule has 1 heterocycles. The maximum Gasteiger partial charge on any atom is 0.309 e. The lowest BCUT2D eigenvalue weighted by atomic mass is 10.2. The predicted octanol–water partition coefficient (Wildman–Crippen LogP) is -0.190. The van der Waals surface area contributed by atoms with Gasteiger partial charge in [-0.3, -0.25) is 14.5 Å². The molecule has 0 unspecified atom stereocenters. The number of carbonyl (C=O) groups is 2. The molecule has 0 aliphatic carbocycles. The first-order valence-electron chi connectivity index (χ1n) is 7.33. The molecule has 0 atom stereocenters. The van der Waals surface area contributed by atoms with E-state index in [4.69, 9.17) is 0 Å². The fraction of sp³-hybridized carbons (Fsp3) is 0.467. The Morgan fingerprint density at radius 3 is 2.32 bits per heavy atom. The van der Waals surface area contributed by atoms with Gasteiger partial charge in [-0.15, -0.1) is 0 Å². The number of benzene rings is 1. The number of piperazine rings is 1. The maximum atomic E-state index is 12.9. The minimum atomic E-state index is -0.624. The summed E-state index contributed by atoms with van der Waals surface area (Å²) in [4.78, 5) is 26.8. The number of likely N-dealkylation sites (N-methyl/N-ethyl adjacent to an activating group) is 1. The molecule has 2 N–H and O–H groups in total. The van der Waals surface area contributed by atoms with Crippen molar-refractivity contribution in [1.82, 2.24) is 15.5 Å². The number of anilines is 1. The van der Waals surface area contributed by atoms with E-state index in [-0.39, 0.29) is 5.82 Å². The van der Waals surface area contributed by atoms with Crippen LogP contribution in [0.25, 0.3) is 0 Å². The number of halogens is 1. The van der Waals surface area contributed by atoms with E-state index >= 15 is 0 Å². The van der Waals surface area contributed by atoms with E-state index in [1.165, 1.54) is 19.2 Å². The lowest BCUT2D eigenvalue weighted by Crippen LogP contribution is -2.49. The summed E-state index contributed by atoms with van der Waals surface area (Å²) >= 11 is 0. The van der Waals surface area contributed by atoms with Crippen LogP contribution in [0.4, 0.5) is 10.1 Å². The Labute approximate surface area is 129 Å². The van der Waals surface area contributed by atoms with Gasteiger partial charge in [-0.25, -0.2) is 4.39 Å². The molecule has 120 valence electrons. The Bertz CT molecular complexity index is 513. The van der Waals surface area contributed by atoms with Gasteiger partial charge in [0.2, 0.25) is 0 Å². The highest BCUT2D eigenvalue weighted by atomic mass is 19.1. The molecule has 2 amide bonds. The van der Waals surface area contributed by atoms with Crippen molar-refractivity contribution in [3.63, 3.8) is 0 Å². The molecule has 1 fully saturated rings. The molecule has 1 saturated heterocycles. The van der Waals surface area contributed by atoms with Crippen LogP contribution in [0.3, 0.4) is 0 Å². The minimum Gasteiger partial charge on any atom is -0.369 e. The minimum absolute atomic E-state index is 0.228. The third kappa shape index (κ3) is 4.42. The van der Waals surface area contributed by atoms with Gasteiger partial charge in [0.05, 0.1) is 0 Å². The van der Waals surface area contributed by atoms with Crippen LogP contribution >= 0.6 is 0 Å². The third-order valence-electron chi connectivity index (χ3n) is 3.71. The Morgan fingerprint density at radius 2 is 1.73 bits per heavy atom. The summed E-state index contributed by atoms with van der Waals surface area (Å²) < 4.78 is 12.9. The van der Waals surface area contributed by atoms with Crippen LogP contribution in [-0.2, 0) is 9.59 Å². The van der Waals surface area contributed by atoms with Gasteiger partial charge in [-0.2, -0.15) is 0 Å². The molecular formula is C15H21FN4O2. The van der Waals surface area contributed by atoms with E-state index in [0.29, 0.717) is 13.1 Å². The monoisotopic (exact) mass is 308 g/mol. The molecule has 6 nitrogen and oxygen atoms in total. The van der Waals surface area contributed by atoms with E-state index in [2.05, 4.69) is 20.4 Å². The van der Waals surface area contributed by atoms with Crippen molar-refractivity contribution in [3.05, 3.63) is 30.1 Å². The summed E-state index contributed by atoms with van der Waals surface area (Å²) in [5, 5.41) is 4.87. The second kappa shape index (κ2) is 7.74. The van der Waals surface area contributed by atoms with Gasteiger partial charge in [0, 0.05) is 52.0 Å². The zero-order valence-electron chi connectivity index (χ0n) is 12.6. The third-order valence-corrected chi connectivity index (χ3v) is 3.71. The first-order valence-corrected chi connectivity index (χ1v) is 7.33. The first kappa shape index (κ1) is 16.2. The van der Waals surface area contributed by atoms with Crippen molar-refractivity contribution in [3.8, 4) is 0 Å². The van der Waals surface area contributed by atoms with Crippen molar-refractivity contribution in [2.75, 3.05) is 51.2 Å². The average molecular weight is 308 g/mol. The van der Waals surface area contributed by atoms with Crippen LogP contribution < -0.4 is 15.5 Å². The van der Waals surface area contributed by atoms with Crippen LogP contribution in [0, 0.1) is 5.82 Å². The second-order valence-corrected chi connectivity index (χ2v) is 5.14. The Hall–Kier alpha value is -2.15. The van der Waals surface area contributed by atoms with E-state index in [1.54, 1.807) is 12.1 Å². The number of nitrogens with zero attached hydrogens (tertiary/aromatic N) is 2. The van der Waals surface area contributed by atoms with Gasteiger partial charge in [0.15, 0.2) is 0 Å². The number of hydrogen-bond donors (Lipinski definition) is 2. The Balaban J connectivity index is 1.70. The van der Waals surface area contributed by atoms with Crippen molar-refractivity contribution >= 4 is 17.5 Å². The molecular weight excluding hydrogens is 287 g/mol. The van der Waals surface area contributed by atoms with Gasteiger partial charge in [-0.1, -0.05) is 0 Å². The Morgan fingerprint density at radius 1 is 1.09 bits per heavy atom. The maximum absolute atomic E-state index is 12.9. The molecule has 1 aromatic rings. The highest BCUT2D eigenvalue weighted by Crippen LogP contribution is 2.16. The number of rotatable bonds is 4. The number of carbonyl (C=O) groups excluding carboxylic acids is 2. The molecule has 0 spiro atoms. The summed E-state index contributed by atoms with van der Waals surface area (Å²) in [6.07, 6.45) is 0. The molecule has 22 heavy (non-hydrogen) atoms. The van der Waals surface area contributed by atoms with Crippen molar-refractivity contribution < 1.29 is 14.0 Å². The molecule has 0 bridgehead atoms. The van der Waals surface area contributed by atoms with Gasteiger partial charge < -0.3 is 15.5 Å². The second-order valence-electron chi connectivity index (χ2n) is 5.14. The van der Waals surface area contributed by atoms with E-state index < -0.39 is 11.8 Å². The zero-order chi connectivity index (χ0) is 15.9. The predicted molar refractivity (Wildman–Crippen MR) is 82.1 cm³/mol. The SMILES string of the molecule is CNC(=O)C(=O)NCCN1CCN(c2ccc(F)cc2)CC1. The number of hydrogen-bond acceptors (Lipinski definition) is 4. The standard InChI is InChI=1S/C15H21FN4O2/c1-17-14(21)15(22)18-6-7-19-8-10-20(11-9-19)13-4-2-12(16)3-5-13/h2-5H,6-11H2,1H3,(H,17,21)(H,18,22). The van der Waals surface area contributed by atoms with Crippen LogP contribution in [0.1, 0.15) is 0 Å². The largest absolute Gasteiger partial charge is 0.369 e. The van der Waals surface area contributed by atoms with E-state index in [0.717, 1.165) is 31.9 Å². The van der Waals surface area contributed by atoms with Gasteiger partial charge in [0.1, 0.15) is 5.82 Å². The highest BCUT2D eigenvalue weighted by Gasteiger charge is 2.17. The number of amides is 2. The van der Waals surface area contributed by atoms with Crippen LogP contribution in [0.15, 0.2) is 24.3 Å². The molecule has 1 aliphatic heterocycles. The van der Waals surface area contributed by atoms with Gasteiger partial charge >= 0.3 is 11.8 Å². The summed E-state index contributed by atoms with van der Waals surface area (Å²) in [6, 6.07) is 6.51. The topological polar surface area (TPSA) is 64.7 Å². The van der Waals surface area contributed by atoms with Gasteiger partial charge in [0.25, 0.3) is 0 Å². The van der Waals surface area contributed by atoms with Crippen LogP contribution in [0.2, 0.25) is 0 Å². The van der Waals surface area contributed by atoms with E-state index in [1.807, 2.05) is 0 Å². The molecule has 7 heteroatoms. The normalized spacial score (nSPS) is 15.5. The zero-order valence-corrected chi connectivity index (χ0v) is 12.6. The molecule has 0 radical (unpaired) electrons. The summed E-state index contributed by atoms with van der Waals surface area (Å²) in [7, 11) is 1.43. The first-order chi connectivity index (χ1) is 10.6. The summed E-state index contributed by atoms with van der Waals surface area (Å²) in [5.74, 6) is -1.46. The molecule has 1 aliphatic rings. The number of nitrogens with one attached hydrogen (secondary N) is 2. The lowest BCUT2D eigenvalue weighted by molar-refractivity contribution is -0.138. The highest BCUT2D eigenvalue weighted by molar-refractivity contribution is 6.34. The smallest absolute Gasteiger partial charge is 0.309 e. The van der Waals surface area contributed by atoms with E-state index in [9.17, 15) is 14.0 Å². The molecule has 0 aromatic heterocycles. The van der Waals surface area contributed by atoms with Crippen LogP contribution in [-0.4, -0.2) is 63.0 Å². The van der Waals surface area contributed by atoms with Gasteiger partial charge in [-0.05, 0) is 24.3 Å². The van der Waals surface area contributed by atoms with Crippen molar-refractivity contribution in [1.29, 1.82) is 0 Å². The molecule has 1 aromatic carbocycles. The summed E-state index contributed by atoms with van der Waals surface area (Å²) in [5.41, 5.74) is 1.02. The molecule has 2 rings (SSSR count). The fourth-order valence-corrected chi connectivity index (χ4v) is 2.40. The average Bonchev–Trinajstić information content (AvgIpc) is 2.55.